The van der Waals surface area contributed by atoms with Crippen molar-refractivity contribution in [2.24, 2.45) is 0 Å². The third kappa shape index (κ3) is 3.05. The number of allylic oxidation sites excluding steroid dienone is 2. The number of carboxylic acid groups (broad SMARTS) is 1. The lowest BCUT2D eigenvalue weighted by atomic mass is 9.79. The number of nitro groups is 1. The molecular weight excluding hydrogens is 340 g/mol. The highest BCUT2D eigenvalue weighted by Crippen LogP contribution is 2.44. The second-order valence-corrected chi connectivity index (χ2v) is 5.79. The maximum Gasteiger partial charge on any atom is 0.336 e. The predicted octanol–water partition coefficient (Wildman–Crippen LogP) is 2.82. The molecule has 8 nitrogen and oxygen atoms in total. The molecule has 26 heavy (non-hydrogen) atoms. The van der Waals surface area contributed by atoms with Crippen LogP contribution in [0.15, 0.2) is 46.8 Å². The first-order valence-electron chi connectivity index (χ1n) is 8.00. The third-order valence-corrected chi connectivity index (χ3v) is 4.56. The first-order valence-corrected chi connectivity index (χ1v) is 8.00. The molecule has 1 aliphatic heterocycles. The van der Waals surface area contributed by atoms with Crippen molar-refractivity contribution in [3.8, 4) is 0 Å². The molecule has 1 atom stereocenters. The first-order chi connectivity index (χ1) is 12.3. The van der Waals surface area contributed by atoms with Crippen molar-refractivity contribution in [3.05, 3.63) is 62.5 Å². The summed E-state index contributed by atoms with van der Waals surface area (Å²) in [6.45, 7) is 5.58. The minimum absolute atomic E-state index is 0.0767. The molecule has 1 N–H and O–H groups in total. The van der Waals surface area contributed by atoms with Crippen molar-refractivity contribution >= 4 is 17.6 Å². The van der Waals surface area contributed by atoms with Gasteiger partial charge in [-0.05, 0) is 20.8 Å². The van der Waals surface area contributed by atoms with Gasteiger partial charge in [0.25, 0.3) is 5.69 Å². The molecule has 0 aromatic heterocycles. The highest BCUT2D eigenvalue weighted by Gasteiger charge is 2.41. The summed E-state index contributed by atoms with van der Waals surface area (Å²) in [5.74, 6) is -3.04. The molecule has 0 aliphatic carbocycles. The zero-order chi connectivity index (χ0) is 19.6. The smallest absolute Gasteiger partial charge is 0.336 e. The summed E-state index contributed by atoms with van der Waals surface area (Å²) in [5.41, 5.74) is 0.866. The van der Waals surface area contributed by atoms with E-state index in [9.17, 15) is 24.8 Å². The Hall–Kier alpha value is -3.16. The molecule has 1 aromatic carbocycles. The number of ether oxygens (including phenoxy) is 1. The van der Waals surface area contributed by atoms with Gasteiger partial charge in [0.15, 0.2) is 0 Å². The Morgan fingerprint density at radius 2 is 1.81 bits per heavy atom. The average molecular weight is 360 g/mol. The summed E-state index contributed by atoms with van der Waals surface area (Å²) in [6, 6.07) is 5.83. The second kappa shape index (κ2) is 7.38. The van der Waals surface area contributed by atoms with Crippen LogP contribution in [0.3, 0.4) is 0 Å². The summed E-state index contributed by atoms with van der Waals surface area (Å²) in [6.07, 6.45) is 0. The summed E-state index contributed by atoms with van der Waals surface area (Å²) < 4.78 is 4.86. The number of para-hydroxylation sites is 1. The number of hydrogen-bond donors (Lipinski definition) is 1. The van der Waals surface area contributed by atoms with Gasteiger partial charge in [0, 0.05) is 29.6 Å². The van der Waals surface area contributed by atoms with E-state index in [0.29, 0.717) is 17.9 Å². The van der Waals surface area contributed by atoms with Crippen molar-refractivity contribution < 1.29 is 24.4 Å². The van der Waals surface area contributed by atoms with Gasteiger partial charge < -0.3 is 14.7 Å². The molecule has 1 aliphatic rings. The van der Waals surface area contributed by atoms with E-state index in [2.05, 4.69) is 0 Å². The Morgan fingerprint density at radius 1 is 1.23 bits per heavy atom. The van der Waals surface area contributed by atoms with Crippen molar-refractivity contribution in [1.82, 2.24) is 4.90 Å². The largest absolute Gasteiger partial charge is 0.478 e. The number of benzene rings is 1. The first kappa shape index (κ1) is 19.2. The van der Waals surface area contributed by atoms with Gasteiger partial charge in [0.2, 0.25) is 0 Å². The molecular formula is C18H20N2O6. The summed E-state index contributed by atoms with van der Waals surface area (Å²) in [4.78, 5) is 37.1. The maximum atomic E-state index is 12.5. The van der Waals surface area contributed by atoms with Gasteiger partial charge in [0.1, 0.15) is 0 Å². The number of esters is 1. The van der Waals surface area contributed by atoms with Gasteiger partial charge in [-0.2, -0.15) is 0 Å². The van der Waals surface area contributed by atoms with Crippen LogP contribution >= 0.6 is 0 Å². The van der Waals surface area contributed by atoms with Crippen molar-refractivity contribution in [2.45, 2.75) is 26.7 Å². The lowest BCUT2D eigenvalue weighted by Gasteiger charge is -2.36. The highest BCUT2D eigenvalue weighted by atomic mass is 16.6. The lowest BCUT2D eigenvalue weighted by molar-refractivity contribution is -0.385. The van der Waals surface area contributed by atoms with Crippen LogP contribution in [0.1, 0.15) is 32.3 Å². The van der Waals surface area contributed by atoms with E-state index in [1.807, 2.05) is 6.92 Å². The number of methoxy groups -OCH3 is 1. The molecule has 0 amide bonds. The van der Waals surface area contributed by atoms with Gasteiger partial charge in [0.05, 0.1) is 29.1 Å². The standard InChI is InChI=1S/C18H20N2O6/c1-5-19-10(2)14(17(21)22)16(15(11(19)3)18(23)26-4)12-8-6-7-9-13(12)20(24)25/h6-9,16H,5H2,1-4H3,(H,21,22). The molecule has 2 rings (SSSR count). The summed E-state index contributed by atoms with van der Waals surface area (Å²) >= 11 is 0. The highest BCUT2D eigenvalue weighted by molar-refractivity contribution is 5.99. The third-order valence-electron chi connectivity index (χ3n) is 4.56. The van der Waals surface area contributed by atoms with Crippen molar-refractivity contribution in [3.63, 3.8) is 0 Å². The molecule has 1 aromatic rings. The Bertz CT molecular complexity index is 840. The fraction of sp³-hybridized carbons (Fsp3) is 0.333. The van der Waals surface area contributed by atoms with Gasteiger partial charge in [-0.1, -0.05) is 18.2 Å². The predicted molar refractivity (Wildman–Crippen MR) is 93.3 cm³/mol. The second-order valence-electron chi connectivity index (χ2n) is 5.79. The monoisotopic (exact) mass is 360 g/mol. The van der Waals surface area contributed by atoms with Crippen molar-refractivity contribution in [1.29, 1.82) is 0 Å². The molecule has 0 saturated carbocycles. The van der Waals surface area contributed by atoms with E-state index in [-0.39, 0.29) is 22.4 Å². The zero-order valence-corrected chi connectivity index (χ0v) is 15.0. The van der Waals surface area contributed by atoms with Crippen LogP contribution in [0.4, 0.5) is 5.69 Å². The number of carbonyl (C=O) groups is 2. The minimum Gasteiger partial charge on any atom is -0.478 e. The molecule has 8 heteroatoms. The van der Waals surface area contributed by atoms with Crippen molar-refractivity contribution in [2.75, 3.05) is 13.7 Å². The average Bonchev–Trinajstić information content (AvgIpc) is 2.60. The Balaban J connectivity index is 2.88. The molecule has 0 spiro atoms. The van der Waals surface area contributed by atoms with E-state index < -0.39 is 22.8 Å². The van der Waals surface area contributed by atoms with E-state index in [0.717, 1.165) is 0 Å². The van der Waals surface area contributed by atoms with Crippen LogP contribution in [0.2, 0.25) is 0 Å². The van der Waals surface area contributed by atoms with Gasteiger partial charge >= 0.3 is 11.9 Å². The molecule has 0 fully saturated rings. The quantitative estimate of drug-likeness (QED) is 0.488. The number of aliphatic carboxylic acids is 1. The van der Waals surface area contributed by atoms with Crippen LogP contribution in [0, 0.1) is 10.1 Å². The van der Waals surface area contributed by atoms with Gasteiger partial charge in [-0.3, -0.25) is 10.1 Å². The van der Waals surface area contributed by atoms with Gasteiger partial charge in [-0.15, -0.1) is 0 Å². The molecule has 0 radical (unpaired) electrons. The number of carbonyl (C=O) groups excluding carboxylic acids is 1. The fourth-order valence-electron chi connectivity index (χ4n) is 3.44. The lowest BCUT2D eigenvalue weighted by Crippen LogP contribution is -2.34. The van der Waals surface area contributed by atoms with Crippen LogP contribution in [-0.2, 0) is 14.3 Å². The molecule has 1 heterocycles. The van der Waals surface area contributed by atoms with Crippen LogP contribution < -0.4 is 0 Å². The fourth-order valence-corrected chi connectivity index (χ4v) is 3.44. The van der Waals surface area contributed by atoms with E-state index in [1.54, 1.807) is 24.8 Å². The number of nitrogens with zero attached hydrogens (tertiary/aromatic N) is 2. The molecule has 0 saturated heterocycles. The van der Waals surface area contributed by atoms with Crippen LogP contribution in [0.25, 0.3) is 0 Å². The summed E-state index contributed by atoms with van der Waals surface area (Å²) in [7, 11) is 1.20. The number of hydrogen-bond acceptors (Lipinski definition) is 6. The van der Waals surface area contributed by atoms with Gasteiger partial charge in [-0.25, -0.2) is 9.59 Å². The zero-order valence-electron chi connectivity index (χ0n) is 15.0. The Labute approximate surface area is 150 Å². The number of nitro benzene ring substituents is 1. The molecule has 1 unspecified atom stereocenters. The molecule has 138 valence electrons. The number of rotatable bonds is 5. The SMILES string of the molecule is CCN1C(C)=C(C(=O)O)C(c2ccccc2[N+](=O)[O-])C(C(=O)OC)=C1C. The number of carboxylic acids is 1. The van der Waals surface area contributed by atoms with Crippen LogP contribution in [-0.4, -0.2) is 40.5 Å². The maximum absolute atomic E-state index is 12.5. The normalized spacial score (nSPS) is 17.4. The summed E-state index contributed by atoms with van der Waals surface area (Å²) in [5, 5.41) is 21.3. The Kier molecular flexibility index (Phi) is 5.44. The minimum atomic E-state index is -1.24. The molecule has 0 bridgehead atoms. The van der Waals surface area contributed by atoms with Crippen LogP contribution in [0.5, 0.6) is 0 Å². The van der Waals surface area contributed by atoms with E-state index in [1.165, 1.54) is 25.3 Å². The van der Waals surface area contributed by atoms with E-state index in [4.69, 9.17) is 4.74 Å². The topological polar surface area (TPSA) is 110 Å². The van der Waals surface area contributed by atoms with E-state index >= 15 is 0 Å². The Morgan fingerprint density at radius 3 is 2.31 bits per heavy atom.